The molecule has 2 atom stereocenters. The normalized spacial score (nSPS) is 22.8. The number of hydrogen-bond acceptors (Lipinski definition) is 7. The second-order valence-corrected chi connectivity index (χ2v) is 8.49. The van der Waals surface area contributed by atoms with Gasteiger partial charge in [0.25, 0.3) is 5.91 Å². The van der Waals surface area contributed by atoms with E-state index >= 15 is 0 Å². The molecule has 4 rings (SSSR count). The maximum absolute atomic E-state index is 12.9. The van der Waals surface area contributed by atoms with Gasteiger partial charge in [-0.05, 0) is 45.2 Å². The molecule has 0 bridgehead atoms. The molecule has 0 saturated carbocycles. The van der Waals surface area contributed by atoms with Crippen LogP contribution in [0, 0.1) is 13.8 Å². The van der Waals surface area contributed by atoms with Gasteiger partial charge in [0.15, 0.2) is 5.76 Å². The van der Waals surface area contributed by atoms with E-state index in [2.05, 4.69) is 15.4 Å². The van der Waals surface area contributed by atoms with Crippen LogP contribution in [0.5, 0.6) is 0 Å². The SMILES string of the molecule is CNC(=O)[C@@H]1C[C@@H](O)CN1C1CCN(C(=O)c2ccc(Cc3c(C)noc3C)o2)CC1. The first kappa shape index (κ1) is 21.6. The van der Waals surface area contributed by atoms with Crippen molar-refractivity contribution in [3.8, 4) is 0 Å². The highest BCUT2D eigenvalue weighted by Gasteiger charge is 2.40. The number of piperidine rings is 1. The molecular weight excluding hydrogens is 400 g/mol. The Bertz CT molecular complexity index is 924. The van der Waals surface area contributed by atoms with Crippen LogP contribution in [0.2, 0.25) is 0 Å². The molecule has 9 heteroatoms. The van der Waals surface area contributed by atoms with Gasteiger partial charge in [-0.2, -0.15) is 0 Å². The number of likely N-dealkylation sites (N-methyl/N-ethyl adjacent to an activating group) is 1. The van der Waals surface area contributed by atoms with Crippen LogP contribution < -0.4 is 5.32 Å². The third-order valence-electron chi connectivity index (χ3n) is 6.49. The summed E-state index contributed by atoms with van der Waals surface area (Å²) in [5.74, 6) is 1.61. The predicted molar refractivity (Wildman–Crippen MR) is 112 cm³/mol. The van der Waals surface area contributed by atoms with Crippen LogP contribution in [0.3, 0.4) is 0 Å². The van der Waals surface area contributed by atoms with Gasteiger partial charge in [-0.3, -0.25) is 14.5 Å². The van der Waals surface area contributed by atoms with Crippen LogP contribution in [0.25, 0.3) is 0 Å². The fourth-order valence-corrected chi connectivity index (χ4v) is 4.74. The minimum atomic E-state index is -0.485. The van der Waals surface area contributed by atoms with Crippen LogP contribution in [-0.2, 0) is 11.2 Å². The number of aliphatic hydroxyl groups is 1. The third kappa shape index (κ3) is 4.38. The highest BCUT2D eigenvalue weighted by atomic mass is 16.5. The Labute approximate surface area is 181 Å². The lowest BCUT2D eigenvalue weighted by atomic mass is 10.0. The van der Waals surface area contributed by atoms with E-state index in [0.717, 1.165) is 29.9 Å². The number of amides is 2. The van der Waals surface area contributed by atoms with Crippen LogP contribution in [-0.4, -0.2) is 76.7 Å². The lowest BCUT2D eigenvalue weighted by Gasteiger charge is -2.38. The van der Waals surface area contributed by atoms with Crippen LogP contribution in [0.1, 0.15) is 52.6 Å². The van der Waals surface area contributed by atoms with Gasteiger partial charge in [0.05, 0.1) is 17.8 Å². The minimum absolute atomic E-state index is 0.0588. The molecule has 9 nitrogen and oxygen atoms in total. The van der Waals surface area contributed by atoms with Crippen molar-refractivity contribution in [3.63, 3.8) is 0 Å². The molecule has 0 radical (unpaired) electrons. The van der Waals surface area contributed by atoms with Gasteiger partial charge < -0.3 is 24.3 Å². The van der Waals surface area contributed by atoms with Crippen molar-refractivity contribution in [2.45, 2.75) is 57.7 Å². The average molecular weight is 431 g/mol. The van der Waals surface area contributed by atoms with Gasteiger partial charge in [-0.15, -0.1) is 0 Å². The van der Waals surface area contributed by atoms with Gasteiger partial charge in [0, 0.05) is 44.7 Å². The zero-order valence-corrected chi connectivity index (χ0v) is 18.3. The number of likely N-dealkylation sites (tertiary alicyclic amines) is 2. The third-order valence-corrected chi connectivity index (χ3v) is 6.49. The van der Waals surface area contributed by atoms with Crippen molar-refractivity contribution in [2.75, 3.05) is 26.7 Å². The molecule has 31 heavy (non-hydrogen) atoms. The van der Waals surface area contributed by atoms with E-state index in [-0.39, 0.29) is 23.9 Å². The number of rotatable bonds is 5. The summed E-state index contributed by atoms with van der Waals surface area (Å²) < 4.78 is 11.0. The van der Waals surface area contributed by atoms with Gasteiger partial charge in [0.2, 0.25) is 5.91 Å². The number of aliphatic hydroxyl groups excluding tert-OH is 1. The summed E-state index contributed by atoms with van der Waals surface area (Å²) in [4.78, 5) is 29.0. The van der Waals surface area contributed by atoms with E-state index in [1.165, 1.54) is 0 Å². The Morgan fingerprint density at radius 2 is 2.00 bits per heavy atom. The van der Waals surface area contributed by atoms with E-state index in [1.807, 2.05) is 19.9 Å². The number of carbonyl (C=O) groups excluding carboxylic acids is 2. The number of furan rings is 1. The second-order valence-electron chi connectivity index (χ2n) is 8.49. The van der Waals surface area contributed by atoms with Gasteiger partial charge >= 0.3 is 0 Å². The Morgan fingerprint density at radius 3 is 2.65 bits per heavy atom. The van der Waals surface area contributed by atoms with Crippen molar-refractivity contribution < 1.29 is 23.6 Å². The number of nitrogens with zero attached hydrogens (tertiary/aromatic N) is 3. The smallest absolute Gasteiger partial charge is 0.289 e. The fraction of sp³-hybridized carbons (Fsp3) is 0.591. The zero-order valence-electron chi connectivity index (χ0n) is 18.3. The number of β-amino-alcohol motifs (C(OH)–C–C–N with tert-alkyl or cyclic N) is 1. The molecular formula is C22H30N4O5. The molecule has 2 aromatic heterocycles. The molecule has 2 aliphatic heterocycles. The molecule has 2 aliphatic rings. The van der Waals surface area contributed by atoms with Crippen molar-refractivity contribution >= 4 is 11.8 Å². The van der Waals surface area contributed by atoms with Crippen molar-refractivity contribution in [1.82, 2.24) is 20.3 Å². The highest BCUT2D eigenvalue weighted by molar-refractivity contribution is 5.91. The molecule has 0 unspecified atom stereocenters. The summed E-state index contributed by atoms with van der Waals surface area (Å²) in [5, 5.41) is 16.7. The first-order valence-corrected chi connectivity index (χ1v) is 10.8. The summed E-state index contributed by atoms with van der Waals surface area (Å²) in [6.07, 6.45) is 2.03. The van der Waals surface area contributed by atoms with Crippen LogP contribution in [0.15, 0.2) is 21.1 Å². The summed E-state index contributed by atoms with van der Waals surface area (Å²) in [6.45, 7) is 5.44. The van der Waals surface area contributed by atoms with E-state index in [1.54, 1.807) is 18.0 Å². The number of nitrogens with one attached hydrogen (secondary N) is 1. The first-order chi connectivity index (χ1) is 14.9. The summed E-state index contributed by atoms with van der Waals surface area (Å²) in [6, 6.07) is 3.42. The highest BCUT2D eigenvalue weighted by Crippen LogP contribution is 2.27. The van der Waals surface area contributed by atoms with Gasteiger partial charge in [-0.25, -0.2) is 0 Å². The van der Waals surface area contributed by atoms with E-state index in [9.17, 15) is 14.7 Å². The molecule has 2 fully saturated rings. The van der Waals surface area contributed by atoms with Crippen molar-refractivity contribution in [1.29, 1.82) is 0 Å². The lowest BCUT2D eigenvalue weighted by molar-refractivity contribution is -0.126. The lowest BCUT2D eigenvalue weighted by Crippen LogP contribution is -2.51. The molecule has 0 aromatic carbocycles. The molecule has 2 amide bonds. The molecule has 4 heterocycles. The maximum Gasteiger partial charge on any atom is 0.289 e. The molecule has 0 spiro atoms. The number of carbonyl (C=O) groups is 2. The molecule has 2 saturated heterocycles. The molecule has 0 aliphatic carbocycles. The van der Waals surface area contributed by atoms with Gasteiger partial charge in [0.1, 0.15) is 11.5 Å². The largest absolute Gasteiger partial charge is 0.456 e. The fourth-order valence-electron chi connectivity index (χ4n) is 4.74. The standard InChI is InChI=1S/C22H30N4O5/c1-13-18(14(2)31-24-13)11-17-4-5-20(30-17)22(29)25-8-6-15(7-9-25)26-12-16(27)10-19(26)21(28)23-3/h4-5,15-16,19,27H,6-12H2,1-3H3,(H,23,28)/t16-,19+/m1/s1. The number of hydrogen-bond donors (Lipinski definition) is 2. The van der Waals surface area contributed by atoms with Crippen LogP contribution >= 0.6 is 0 Å². The summed E-state index contributed by atoms with van der Waals surface area (Å²) in [5.41, 5.74) is 1.80. The maximum atomic E-state index is 12.9. The average Bonchev–Trinajstić information content (AvgIpc) is 3.48. The van der Waals surface area contributed by atoms with Crippen molar-refractivity contribution in [2.24, 2.45) is 0 Å². The predicted octanol–water partition coefficient (Wildman–Crippen LogP) is 1.26. The topological polar surface area (TPSA) is 112 Å². The van der Waals surface area contributed by atoms with E-state index in [0.29, 0.717) is 44.0 Å². The quantitative estimate of drug-likeness (QED) is 0.734. The number of aromatic nitrogens is 1. The molecule has 2 N–H and O–H groups in total. The van der Waals surface area contributed by atoms with E-state index < -0.39 is 6.10 Å². The van der Waals surface area contributed by atoms with Gasteiger partial charge in [-0.1, -0.05) is 5.16 Å². The zero-order chi connectivity index (χ0) is 22.1. The molecule has 2 aromatic rings. The molecule has 168 valence electrons. The Balaban J connectivity index is 1.35. The Kier molecular flexibility index (Phi) is 6.15. The first-order valence-electron chi connectivity index (χ1n) is 10.8. The van der Waals surface area contributed by atoms with Crippen LogP contribution in [0.4, 0.5) is 0 Å². The number of aryl methyl sites for hydroxylation is 2. The Morgan fingerprint density at radius 1 is 1.26 bits per heavy atom. The van der Waals surface area contributed by atoms with E-state index in [4.69, 9.17) is 8.94 Å². The summed E-state index contributed by atoms with van der Waals surface area (Å²) >= 11 is 0. The monoisotopic (exact) mass is 430 g/mol. The summed E-state index contributed by atoms with van der Waals surface area (Å²) in [7, 11) is 1.62. The Hall–Kier alpha value is -2.65. The minimum Gasteiger partial charge on any atom is -0.456 e. The van der Waals surface area contributed by atoms with Crippen molar-refractivity contribution in [3.05, 3.63) is 40.7 Å². The second kappa shape index (κ2) is 8.84.